The molecule has 2 heteroatoms. The summed E-state index contributed by atoms with van der Waals surface area (Å²) in [7, 11) is 0. The van der Waals surface area contributed by atoms with E-state index in [1.54, 1.807) is 0 Å². The van der Waals surface area contributed by atoms with Gasteiger partial charge in [0.15, 0.2) is 0 Å². The normalized spacial score (nSPS) is 10.9. The molecule has 19 heavy (non-hydrogen) atoms. The smallest absolute Gasteiger partial charge is 0.00373 e. The number of aryl methyl sites for hydroxylation is 2. The van der Waals surface area contributed by atoms with E-state index >= 15 is 0 Å². The zero-order chi connectivity index (χ0) is 13.2. The van der Waals surface area contributed by atoms with Crippen LogP contribution in [0.1, 0.15) is 56.1 Å². The van der Waals surface area contributed by atoms with E-state index in [4.69, 9.17) is 0 Å². The van der Waals surface area contributed by atoms with Crippen LogP contribution < -0.4 is 0 Å². The molecule has 0 spiro atoms. The summed E-state index contributed by atoms with van der Waals surface area (Å²) in [6.45, 7) is 0. The second-order valence-electron chi connectivity index (χ2n) is 5.41. The Labute approximate surface area is 116 Å². The topological polar surface area (TPSA) is 31.6 Å². The highest BCUT2D eigenvalue weighted by Crippen LogP contribution is 2.11. The maximum absolute atomic E-state index is 3.11. The lowest BCUT2D eigenvalue weighted by Crippen LogP contribution is -1.86. The highest BCUT2D eigenvalue weighted by atomic mass is 14.6. The van der Waals surface area contributed by atoms with Gasteiger partial charge in [-0.3, -0.25) is 0 Å². The third-order valence-corrected chi connectivity index (χ3v) is 3.76. The molecule has 0 aromatic carbocycles. The van der Waals surface area contributed by atoms with Gasteiger partial charge in [-0.15, -0.1) is 0 Å². The summed E-state index contributed by atoms with van der Waals surface area (Å²) in [5, 5.41) is 0. The van der Waals surface area contributed by atoms with Crippen molar-refractivity contribution in [3.05, 3.63) is 48.0 Å². The summed E-state index contributed by atoms with van der Waals surface area (Å²) in [4.78, 5) is 6.23. The van der Waals surface area contributed by atoms with Crippen molar-refractivity contribution < 1.29 is 0 Å². The summed E-state index contributed by atoms with van der Waals surface area (Å²) < 4.78 is 0. The molecule has 0 aliphatic heterocycles. The Morgan fingerprint density at radius 1 is 0.579 bits per heavy atom. The second kappa shape index (κ2) is 8.63. The van der Waals surface area contributed by atoms with Crippen molar-refractivity contribution in [2.75, 3.05) is 0 Å². The third-order valence-electron chi connectivity index (χ3n) is 3.76. The molecule has 104 valence electrons. The van der Waals surface area contributed by atoms with Gasteiger partial charge in [0.25, 0.3) is 0 Å². The van der Waals surface area contributed by atoms with Crippen molar-refractivity contribution in [2.24, 2.45) is 0 Å². The van der Waals surface area contributed by atoms with Crippen molar-refractivity contribution in [3.63, 3.8) is 0 Å². The minimum atomic E-state index is 1.23. The Morgan fingerprint density at radius 2 is 1.00 bits per heavy atom. The first kappa shape index (κ1) is 14.0. The fourth-order valence-corrected chi connectivity index (χ4v) is 2.57. The van der Waals surface area contributed by atoms with Gasteiger partial charge < -0.3 is 9.97 Å². The lowest BCUT2D eigenvalue weighted by molar-refractivity contribution is 0.579. The largest absolute Gasteiger partial charge is 0.367 e. The first-order valence-corrected chi connectivity index (χ1v) is 7.68. The molecule has 0 saturated heterocycles. The molecule has 0 aliphatic carbocycles. The molecule has 2 heterocycles. The lowest BCUT2D eigenvalue weighted by Gasteiger charge is -2.01. The summed E-state index contributed by atoms with van der Waals surface area (Å²) >= 11 is 0. The van der Waals surface area contributed by atoms with Crippen LogP contribution in [-0.4, -0.2) is 9.97 Å². The SMILES string of the molecule is c1cc(CCCCCCCCCc2cc[nH]c2)c[nH]1. The summed E-state index contributed by atoms with van der Waals surface area (Å²) in [5.41, 5.74) is 2.90. The highest BCUT2D eigenvalue weighted by Gasteiger charge is 1.96. The van der Waals surface area contributed by atoms with Crippen LogP contribution in [-0.2, 0) is 12.8 Å². The van der Waals surface area contributed by atoms with E-state index in [1.165, 1.54) is 68.9 Å². The number of H-pyrrole nitrogens is 2. The van der Waals surface area contributed by atoms with Gasteiger partial charge in [0.1, 0.15) is 0 Å². The minimum Gasteiger partial charge on any atom is -0.367 e. The number of aromatic nitrogens is 2. The summed E-state index contributed by atoms with van der Waals surface area (Å²) in [6, 6.07) is 4.36. The van der Waals surface area contributed by atoms with Crippen LogP contribution in [0.3, 0.4) is 0 Å². The molecule has 0 bridgehead atoms. The molecule has 0 unspecified atom stereocenters. The molecule has 2 rings (SSSR count). The van der Waals surface area contributed by atoms with Gasteiger partial charge in [-0.25, -0.2) is 0 Å². The minimum absolute atomic E-state index is 1.23. The number of aromatic amines is 2. The van der Waals surface area contributed by atoms with E-state index in [9.17, 15) is 0 Å². The first-order chi connectivity index (χ1) is 9.45. The van der Waals surface area contributed by atoms with Crippen LogP contribution in [0.25, 0.3) is 0 Å². The van der Waals surface area contributed by atoms with Crippen LogP contribution in [0, 0.1) is 0 Å². The van der Waals surface area contributed by atoms with E-state index < -0.39 is 0 Å². The van der Waals surface area contributed by atoms with Gasteiger partial charge in [0, 0.05) is 24.8 Å². The molecule has 2 nitrogen and oxygen atoms in total. The van der Waals surface area contributed by atoms with Crippen LogP contribution in [0.4, 0.5) is 0 Å². The van der Waals surface area contributed by atoms with Gasteiger partial charge in [0.05, 0.1) is 0 Å². The number of hydrogen-bond acceptors (Lipinski definition) is 0. The van der Waals surface area contributed by atoms with Crippen molar-refractivity contribution in [1.82, 2.24) is 9.97 Å². The number of rotatable bonds is 10. The molecule has 2 aromatic rings. The van der Waals surface area contributed by atoms with Crippen molar-refractivity contribution in [1.29, 1.82) is 0 Å². The fourth-order valence-electron chi connectivity index (χ4n) is 2.57. The van der Waals surface area contributed by atoms with Crippen molar-refractivity contribution >= 4 is 0 Å². The van der Waals surface area contributed by atoms with E-state index in [2.05, 4.69) is 34.5 Å². The summed E-state index contributed by atoms with van der Waals surface area (Å²) in [6.07, 6.45) is 20.3. The van der Waals surface area contributed by atoms with Gasteiger partial charge in [-0.05, 0) is 48.9 Å². The van der Waals surface area contributed by atoms with E-state index in [-0.39, 0.29) is 0 Å². The molecule has 0 radical (unpaired) electrons. The number of nitrogens with one attached hydrogen (secondary N) is 2. The second-order valence-corrected chi connectivity index (χ2v) is 5.41. The zero-order valence-electron chi connectivity index (χ0n) is 11.8. The van der Waals surface area contributed by atoms with Gasteiger partial charge >= 0.3 is 0 Å². The maximum Gasteiger partial charge on any atom is 0.00373 e. The van der Waals surface area contributed by atoms with E-state index in [0.717, 1.165) is 0 Å². The molecule has 0 atom stereocenters. The maximum atomic E-state index is 3.11. The molecule has 0 aliphatic rings. The van der Waals surface area contributed by atoms with E-state index in [1.807, 2.05) is 12.4 Å². The Hall–Kier alpha value is -1.44. The van der Waals surface area contributed by atoms with Crippen molar-refractivity contribution in [3.8, 4) is 0 Å². The van der Waals surface area contributed by atoms with Gasteiger partial charge in [-0.2, -0.15) is 0 Å². The molecule has 0 fully saturated rings. The third kappa shape index (κ3) is 5.82. The number of hydrogen-bond donors (Lipinski definition) is 2. The Kier molecular flexibility index (Phi) is 6.35. The summed E-state index contributed by atoms with van der Waals surface area (Å²) in [5.74, 6) is 0. The van der Waals surface area contributed by atoms with Gasteiger partial charge in [-0.1, -0.05) is 32.1 Å². The van der Waals surface area contributed by atoms with Crippen LogP contribution in [0.15, 0.2) is 36.9 Å². The highest BCUT2D eigenvalue weighted by molar-refractivity contribution is 5.08. The quantitative estimate of drug-likeness (QED) is 0.570. The average molecular weight is 258 g/mol. The predicted molar refractivity (Wildman–Crippen MR) is 81.3 cm³/mol. The molecular formula is C17H26N2. The standard InChI is InChI=1S/C17H26N2/c1(2-4-6-8-16-10-12-18-14-16)3-5-7-9-17-11-13-19-15-17/h10-15,18-19H,1-9H2. The average Bonchev–Trinajstić information content (AvgIpc) is 3.10. The monoisotopic (exact) mass is 258 g/mol. The van der Waals surface area contributed by atoms with Gasteiger partial charge in [0.2, 0.25) is 0 Å². The van der Waals surface area contributed by atoms with Crippen LogP contribution >= 0.6 is 0 Å². The van der Waals surface area contributed by atoms with Crippen molar-refractivity contribution in [2.45, 2.75) is 57.8 Å². The molecule has 0 saturated carbocycles. The first-order valence-electron chi connectivity index (χ1n) is 7.68. The Balaban J connectivity index is 1.36. The fraction of sp³-hybridized carbons (Fsp3) is 0.529. The van der Waals surface area contributed by atoms with E-state index in [0.29, 0.717) is 0 Å². The molecular weight excluding hydrogens is 232 g/mol. The molecule has 2 aromatic heterocycles. The predicted octanol–water partition coefficient (Wildman–Crippen LogP) is 4.86. The number of unbranched alkanes of at least 4 members (excludes halogenated alkanes) is 6. The Bertz CT molecular complexity index is 360. The molecule has 0 amide bonds. The lowest BCUT2D eigenvalue weighted by atomic mass is 10.0. The Morgan fingerprint density at radius 3 is 1.37 bits per heavy atom. The zero-order valence-corrected chi connectivity index (χ0v) is 11.8. The molecule has 2 N–H and O–H groups in total. The van der Waals surface area contributed by atoms with Crippen LogP contribution in [0.2, 0.25) is 0 Å². The van der Waals surface area contributed by atoms with Crippen LogP contribution in [0.5, 0.6) is 0 Å².